The number of halogens is 1. The average molecular weight is 241 g/mol. The van der Waals surface area contributed by atoms with Crippen molar-refractivity contribution in [3.63, 3.8) is 0 Å². The molecule has 1 aromatic carbocycles. The van der Waals surface area contributed by atoms with E-state index in [9.17, 15) is 0 Å². The second-order valence-electron chi connectivity index (χ2n) is 4.13. The minimum absolute atomic E-state index is 0.351. The van der Waals surface area contributed by atoms with Gasteiger partial charge in [0.25, 0.3) is 0 Å². The molecule has 1 aromatic rings. The summed E-state index contributed by atoms with van der Waals surface area (Å²) in [5.74, 6) is 0. The Labute approximate surface area is 104 Å². The fraction of sp³-hybridized carbons (Fsp3) is 0.538. The lowest BCUT2D eigenvalue weighted by Gasteiger charge is -2.18. The predicted molar refractivity (Wildman–Crippen MR) is 71.0 cm³/mol. The maximum atomic E-state index is 5.96. The molecule has 0 aliphatic heterocycles. The molecule has 0 bridgehead atoms. The Morgan fingerprint density at radius 2 is 2.19 bits per heavy atom. The monoisotopic (exact) mass is 240 g/mol. The van der Waals surface area contributed by atoms with Crippen molar-refractivity contribution in [1.82, 2.24) is 10.2 Å². The molecule has 0 saturated carbocycles. The van der Waals surface area contributed by atoms with Gasteiger partial charge in [-0.15, -0.1) is 0 Å². The van der Waals surface area contributed by atoms with E-state index in [4.69, 9.17) is 11.6 Å². The van der Waals surface area contributed by atoms with Crippen LogP contribution >= 0.6 is 11.6 Å². The Morgan fingerprint density at radius 3 is 2.81 bits per heavy atom. The van der Waals surface area contributed by atoms with Gasteiger partial charge in [0, 0.05) is 24.2 Å². The maximum Gasteiger partial charge on any atom is 0.0409 e. The molecule has 1 rings (SSSR count). The first kappa shape index (κ1) is 13.5. The molecule has 16 heavy (non-hydrogen) atoms. The predicted octanol–water partition coefficient (Wildman–Crippen LogP) is 2.94. The lowest BCUT2D eigenvalue weighted by atomic mass is 10.1. The number of likely N-dealkylation sites (N-methyl/N-ethyl adjacent to an activating group) is 1. The zero-order chi connectivity index (χ0) is 12.0. The van der Waals surface area contributed by atoms with Crippen molar-refractivity contribution in [3.05, 3.63) is 34.9 Å². The summed E-state index contributed by atoms with van der Waals surface area (Å²) in [6.45, 7) is 7.49. The first-order chi connectivity index (χ1) is 7.63. The van der Waals surface area contributed by atoms with E-state index < -0.39 is 0 Å². The molecular formula is C13H21ClN2. The normalized spacial score (nSPS) is 13.1. The van der Waals surface area contributed by atoms with Gasteiger partial charge in [0.2, 0.25) is 0 Å². The van der Waals surface area contributed by atoms with Gasteiger partial charge in [0.05, 0.1) is 0 Å². The van der Waals surface area contributed by atoms with E-state index in [-0.39, 0.29) is 0 Å². The lowest BCUT2D eigenvalue weighted by molar-refractivity contribution is 0.342. The Hall–Kier alpha value is -0.570. The molecule has 1 N–H and O–H groups in total. The first-order valence-corrected chi connectivity index (χ1v) is 6.18. The summed E-state index contributed by atoms with van der Waals surface area (Å²) in [5, 5.41) is 4.29. The van der Waals surface area contributed by atoms with Gasteiger partial charge in [-0.2, -0.15) is 0 Å². The summed E-state index contributed by atoms with van der Waals surface area (Å²) in [4.78, 5) is 2.29. The van der Waals surface area contributed by atoms with E-state index in [0.717, 1.165) is 24.7 Å². The Bertz CT molecular complexity index is 315. The SMILES string of the molecule is CCN(C)CCNC(C)c1cccc(Cl)c1. The van der Waals surface area contributed by atoms with Crippen LogP contribution in [0.1, 0.15) is 25.5 Å². The van der Waals surface area contributed by atoms with Crippen molar-refractivity contribution >= 4 is 11.6 Å². The van der Waals surface area contributed by atoms with Crippen LogP contribution in [0.15, 0.2) is 24.3 Å². The van der Waals surface area contributed by atoms with Gasteiger partial charge < -0.3 is 10.2 Å². The third-order valence-corrected chi connectivity index (χ3v) is 3.07. The third kappa shape index (κ3) is 4.52. The van der Waals surface area contributed by atoms with Crippen LogP contribution < -0.4 is 5.32 Å². The summed E-state index contributed by atoms with van der Waals surface area (Å²) < 4.78 is 0. The van der Waals surface area contributed by atoms with Gasteiger partial charge >= 0.3 is 0 Å². The van der Waals surface area contributed by atoms with E-state index in [2.05, 4.69) is 37.2 Å². The van der Waals surface area contributed by atoms with Crippen LogP contribution in [-0.4, -0.2) is 31.6 Å². The van der Waals surface area contributed by atoms with Crippen molar-refractivity contribution in [2.45, 2.75) is 19.9 Å². The molecule has 0 amide bonds. The van der Waals surface area contributed by atoms with Crippen LogP contribution in [0.2, 0.25) is 5.02 Å². The topological polar surface area (TPSA) is 15.3 Å². The van der Waals surface area contributed by atoms with E-state index in [1.165, 1.54) is 5.56 Å². The molecule has 1 unspecified atom stereocenters. The quantitative estimate of drug-likeness (QED) is 0.823. The smallest absolute Gasteiger partial charge is 0.0409 e. The van der Waals surface area contributed by atoms with Gasteiger partial charge in [0.1, 0.15) is 0 Å². The summed E-state index contributed by atoms with van der Waals surface area (Å²) >= 11 is 5.96. The van der Waals surface area contributed by atoms with E-state index >= 15 is 0 Å². The molecular weight excluding hydrogens is 220 g/mol. The molecule has 0 saturated heterocycles. The number of nitrogens with zero attached hydrogens (tertiary/aromatic N) is 1. The summed E-state index contributed by atoms with van der Waals surface area (Å²) in [5.41, 5.74) is 1.24. The average Bonchev–Trinajstić information content (AvgIpc) is 2.28. The van der Waals surface area contributed by atoms with Crippen molar-refractivity contribution in [2.75, 3.05) is 26.7 Å². The number of hydrogen-bond acceptors (Lipinski definition) is 2. The Morgan fingerprint density at radius 1 is 1.44 bits per heavy atom. The fourth-order valence-corrected chi connectivity index (χ4v) is 1.72. The third-order valence-electron chi connectivity index (χ3n) is 2.83. The zero-order valence-corrected chi connectivity index (χ0v) is 11.1. The molecule has 0 heterocycles. The highest BCUT2D eigenvalue weighted by Crippen LogP contribution is 2.16. The second-order valence-corrected chi connectivity index (χ2v) is 4.56. The van der Waals surface area contributed by atoms with Crippen molar-refractivity contribution in [3.8, 4) is 0 Å². The van der Waals surface area contributed by atoms with Gasteiger partial charge in [0.15, 0.2) is 0 Å². The summed E-state index contributed by atoms with van der Waals surface area (Å²) in [6, 6.07) is 8.37. The molecule has 0 aliphatic rings. The van der Waals surface area contributed by atoms with Crippen LogP contribution in [0.25, 0.3) is 0 Å². The van der Waals surface area contributed by atoms with Crippen molar-refractivity contribution in [1.29, 1.82) is 0 Å². The van der Waals surface area contributed by atoms with Crippen molar-refractivity contribution in [2.24, 2.45) is 0 Å². The molecule has 3 heteroatoms. The lowest BCUT2D eigenvalue weighted by Crippen LogP contribution is -2.30. The number of rotatable bonds is 6. The van der Waals surface area contributed by atoms with Crippen LogP contribution in [0.5, 0.6) is 0 Å². The molecule has 0 aromatic heterocycles. The van der Waals surface area contributed by atoms with Gasteiger partial charge in [-0.3, -0.25) is 0 Å². The van der Waals surface area contributed by atoms with E-state index in [1.54, 1.807) is 0 Å². The van der Waals surface area contributed by atoms with Crippen molar-refractivity contribution < 1.29 is 0 Å². The molecule has 0 spiro atoms. The first-order valence-electron chi connectivity index (χ1n) is 5.81. The molecule has 0 radical (unpaired) electrons. The van der Waals surface area contributed by atoms with E-state index in [0.29, 0.717) is 6.04 Å². The number of benzene rings is 1. The fourth-order valence-electron chi connectivity index (χ4n) is 1.52. The zero-order valence-electron chi connectivity index (χ0n) is 10.3. The van der Waals surface area contributed by atoms with Crippen LogP contribution in [-0.2, 0) is 0 Å². The number of nitrogens with one attached hydrogen (secondary N) is 1. The van der Waals surface area contributed by atoms with Crippen LogP contribution in [0, 0.1) is 0 Å². The molecule has 0 aliphatic carbocycles. The maximum absolute atomic E-state index is 5.96. The van der Waals surface area contributed by atoms with Gasteiger partial charge in [-0.1, -0.05) is 30.7 Å². The standard InChI is InChI=1S/C13H21ClN2/c1-4-16(3)9-8-15-11(2)12-6-5-7-13(14)10-12/h5-7,10-11,15H,4,8-9H2,1-3H3. The van der Waals surface area contributed by atoms with Crippen LogP contribution in [0.4, 0.5) is 0 Å². The Balaban J connectivity index is 2.38. The van der Waals surface area contributed by atoms with E-state index in [1.807, 2.05) is 18.2 Å². The highest BCUT2D eigenvalue weighted by molar-refractivity contribution is 6.30. The highest BCUT2D eigenvalue weighted by Gasteiger charge is 2.04. The summed E-state index contributed by atoms with van der Waals surface area (Å²) in [6.07, 6.45) is 0. The summed E-state index contributed by atoms with van der Waals surface area (Å²) in [7, 11) is 2.13. The Kier molecular flexibility index (Phi) is 5.81. The minimum Gasteiger partial charge on any atom is -0.309 e. The minimum atomic E-state index is 0.351. The molecule has 0 fully saturated rings. The molecule has 90 valence electrons. The van der Waals surface area contributed by atoms with Crippen LogP contribution in [0.3, 0.4) is 0 Å². The van der Waals surface area contributed by atoms with Gasteiger partial charge in [-0.25, -0.2) is 0 Å². The number of hydrogen-bond donors (Lipinski definition) is 1. The molecule has 1 atom stereocenters. The highest BCUT2D eigenvalue weighted by atomic mass is 35.5. The second kappa shape index (κ2) is 6.89. The molecule has 2 nitrogen and oxygen atoms in total. The van der Waals surface area contributed by atoms with Gasteiger partial charge in [-0.05, 0) is 38.2 Å². The largest absolute Gasteiger partial charge is 0.309 e.